The molecule has 0 heterocycles. The predicted octanol–water partition coefficient (Wildman–Crippen LogP) is 7.58. The lowest BCUT2D eigenvalue weighted by Crippen LogP contribution is -2.72. The fraction of sp³-hybridized carbons (Fsp3) is 0.756. The Labute approximate surface area is 323 Å². The van der Waals surface area contributed by atoms with Crippen LogP contribution in [0.4, 0.5) is 0 Å². The van der Waals surface area contributed by atoms with Crippen LogP contribution in [0.1, 0.15) is 128 Å². The summed E-state index contributed by atoms with van der Waals surface area (Å²) < 4.78 is 18.2. The molecule has 0 amide bonds. The van der Waals surface area contributed by atoms with E-state index in [9.17, 15) is 29.7 Å². The summed E-state index contributed by atoms with van der Waals surface area (Å²) >= 11 is 0. The van der Waals surface area contributed by atoms with Gasteiger partial charge in [0.2, 0.25) is 0 Å². The van der Waals surface area contributed by atoms with Crippen LogP contribution in [0.3, 0.4) is 0 Å². The van der Waals surface area contributed by atoms with E-state index in [4.69, 9.17) is 14.2 Å². The molecule has 0 radical (unpaired) electrons. The number of esters is 3. The minimum absolute atomic E-state index is 0.105. The molecular formula is C45H68O9. The molecular weight excluding hydrogens is 684 g/mol. The smallest absolute Gasteiger partial charge is 0.333 e. The summed E-state index contributed by atoms with van der Waals surface area (Å²) in [6, 6.07) is 0. The van der Waals surface area contributed by atoms with Crippen molar-refractivity contribution < 1.29 is 43.9 Å². The molecule has 12 atom stereocenters. The Kier molecular flexibility index (Phi) is 11.5. The van der Waals surface area contributed by atoms with Crippen molar-refractivity contribution in [2.24, 2.45) is 50.2 Å². The topological polar surface area (TPSA) is 140 Å². The molecule has 302 valence electrons. The van der Waals surface area contributed by atoms with Crippen LogP contribution in [0.2, 0.25) is 0 Å². The molecule has 0 aliphatic heterocycles. The molecule has 0 aromatic carbocycles. The highest BCUT2D eigenvalue weighted by Crippen LogP contribution is 2.76. The van der Waals surface area contributed by atoms with Crippen LogP contribution < -0.4 is 0 Å². The number of rotatable bonds is 8. The molecule has 5 aliphatic carbocycles. The Balaban J connectivity index is 1.62. The molecule has 4 saturated carbocycles. The highest BCUT2D eigenvalue weighted by atomic mass is 16.6. The normalized spacial score (nSPS) is 43.4. The SMILES string of the molecule is C/C=C(\C)C(=O)OC[C@@]12C(CC(C)(C)[C@@H](O)[C@@H]1OC(=O)/C(C)=C/C)C1=CCC3[C@@]4(C)CC[C@H](O)[C@](C)(COC(=O)/C(C)=C/C)C4CC[C@@]3(C)[C@]1(C)C[C@H]2O. The summed E-state index contributed by atoms with van der Waals surface area (Å²) in [5.41, 5.74) is -0.974. The Morgan fingerprint density at radius 1 is 0.741 bits per heavy atom. The van der Waals surface area contributed by atoms with Crippen LogP contribution >= 0.6 is 0 Å². The van der Waals surface area contributed by atoms with E-state index in [1.165, 1.54) is 5.57 Å². The third-order valence-electron chi connectivity index (χ3n) is 16.4. The highest BCUT2D eigenvalue weighted by molar-refractivity contribution is 5.88. The minimum atomic E-state index is -1.29. The molecule has 0 aromatic heterocycles. The first-order chi connectivity index (χ1) is 25.0. The first kappa shape index (κ1) is 42.4. The molecule has 9 heteroatoms. The molecule has 54 heavy (non-hydrogen) atoms. The second-order valence-corrected chi connectivity index (χ2v) is 19.3. The van der Waals surface area contributed by atoms with Gasteiger partial charge in [0.05, 0.1) is 30.3 Å². The van der Waals surface area contributed by atoms with Gasteiger partial charge in [0.25, 0.3) is 0 Å². The first-order valence-electron chi connectivity index (χ1n) is 20.2. The second-order valence-electron chi connectivity index (χ2n) is 19.3. The average molecular weight is 753 g/mol. The lowest BCUT2D eigenvalue weighted by molar-refractivity contribution is -0.265. The number of aliphatic hydroxyl groups is 3. The van der Waals surface area contributed by atoms with Crippen LogP contribution in [0, 0.1) is 50.2 Å². The van der Waals surface area contributed by atoms with Gasteiger partial charge in [0.1, 0.15) is 12.7 Å². The van der Waals surface area contributed by atoms with E-state index < -0.39 is 58.0 Å². The third kappa shape index (κ3) is 6.27. The van der Waals surface area contributed by atoms with Crippen LogP contribution in [0.5, 0.6) is 0 Å². The molecule has 0 spiro atoms. The fourth-order valence-corrected chi connectivity index (χ4v) is 12.2. The van der Waals surface area contributed by atoms with E-state index in [-0.39, 0.29) is 47.8 Å². The summed E-state index contributed by atoms with van der Waals surface area (Å²) in [5.74, 6) is -1.48. The van der Waals surface area contributed by atoms with Crippen LogP contribution in [0.15, 0.2) is 46.6 Å². The van der Waals surface area contributed by atoms with E-state index in [0.717, 1.165) is 25.7 Å². The van der Waals surface area contributed by atoms with Crippen molar-refractivity contribution in [1.82, 2.24) is 0 Å². The van der Waals surface area contributed by atoms with Gasteiger partial charge in [-0.1, -0.05) is 71.4 Å². The number of allylic oxidation sites excluding steroid dienone is 5. The lowest BCUT2D eigenvalue weighted by Gasteiger charge is -2.72. The van der Waals surface area contributed by atoms with E-state index in [0.29, 0.717) is 36.0 Å². The van der Waals surface area contributed by atoms with Gasteiger partial charge in [-0.05, 0) is 126 Å². The molecule has 9 nitrogen and oxygen atoms in total. The van der Waals surface area contributed by atoms with Gasteiger partial charge < -0.3 is 29.5 Å². The van der Waals surface area contributed by atoms with Crippen molar-refractivity contribution in [3.63, 3.8) is 0 Å². The summed E-state index contributed by atoms with van der Waals surface area (Å²) in [4.78, 5) is 39.6. The Morgan fingerprint density at radius 3 is 1.87 bits per heavy atom. The summed E-state index contributed by atoms with van der Waals surface area (Å²) in [6.45, 7) is 23.5. The molecule has 5 aliphatic rings. The van der Waals surface area contributed by atoms with Crippen molar-refractivity contribution in [3.8, 4) is 0 Å². The zero-order valence-corrected chi connectivity index (χ0v) is 35.0. The minimum Gasteiger partial charge on any atom is -0.462 e. The van der Waals surface area contributed by atoms with Crippen molar-refractivity contribution in [2.75, 3.05) is 13.2 Å². The van der Waals surface area contributed by atoms with Crippen LogP contribution in [-0.4, -0.2) is 70.9 Å². The van der Waals surface area contributed by atoms with E-state index in [1.54, 1.807) is 52.8 Å². The standard InChI is InChI=1S/C45H68O9/c1-13-26(4)37(49)52-24-42(10)31-18-21-43(11)32(41(31,9)20-19-33(42)46)17-16-29-30-22-40(7,8)35(48)36(54-39(51)28(6)15-3)45(30,34(47)23-44(29,43)12)25-53-38(50)27(5)14-2/h13-16,30-36,46-48H,17-25H2,1-12H3/b26-13+,27-14+,28-15+/t30?,31?,32?,33-,34+,35-,36-,41-,42+,43+,44+,45-/m0/s1. The lowest BCUT2D eigenvalue weighted by atomic mass is 9.33. The van der Waals surface area contributed by atoms with Gasteiger partial charge in [-0.3, -0.25) is 0 Å². The second kappa shape index (κ2) is 14.6. The Morgan fingerprint density at radius 2 is 1.30 bits per heavy atom. The molecule has 4 fully saturated rings. The van der Waals surface area contributed by atoms with Gasteiger partial charge in [0, 0.05) is 22.1 Å². The molecule has 0 aromatic rings. The number of fused-ring (bicyclic) bond motifs is 7. The van der Waals surface area contributed by atoms with Crippen LogP contribution in [0.25, 0.3) is 0 Å². The van der Waals surface area contributed by atoms with Crippen molar-refractivity contribution in [3.05, 3.63) is 46.6 Å². The quantitative estimate of drug-likeness (QED) is 0.0991. The number of carbonyl (C=O) groups is 3. The maximum absolute atomic E-state index is 13.5. The highest BCUT2D eigenvalue weighted by Gasteiger charge is 2.73. The van der Waals surface area contributed by atoms with Gasteiger partial charge in [0.15, 0.2) is 0 Å². The van der Waals surface area contributed by atoms with E-state index in [1.807, 2.05) is 20.8 Å². The Bertz CT molecular complexity index is 1640. The molecule has 5 rings (SSSR count). The number of hydrogen-bond acceptors (Lipinski definition) is 9. The average Bonchev–Trinajstić information content (AvgIpc) is 3.12. The van der Waals surface area contributed by atoms with Crippen molar-refractivity contribution in [1.29, 1.82) is 0 Å². The largest absolute Gasteiger partial charge is 0.462 e. The maximum Gasteiger partial charge on any atom is 0.333 e. The zero-order valence-electron chi connectivity index (χ0n) is 35.0. The predicted molar refractivity (Wildman–Crippen MR) is 208 cm³/mol. The number of hydrogen-bond donors (Lipinski definition) is 3. The van der Waals surface area contributed by atoms with Gasteiger partial charge >= 0.3 is 17.9 Å². The number of carbonyl (C=O) groups excluding carboxylic acids is 3. The first-order valence-corrected chi connectivity index (χ1v) is 20.2. The molecule has 0 bridgehead atoms. The van der Waals surface area contributed by atoms with Gasteiger partial charge in [-0.25, -0.2) is 14.4 Å². The zero-order chi connectivity index (χ0) is 40.4. The summed E-state index contributed by atoms with van der Waals surface area (Å²) in [7, 11) is 0. The van der Waals surface area contributed by atoms with Gasteiger partial charge in [-0.2, -0.15) is 0 Å². The van der Waals surface area contributed by atoms with Gasteiger partial charge in [-0.15, -0.1) is 0 Å². The molecule has 3 unspecified atom stereocenters. The van der Waals surface area contributed by atoms with E-state index in [2.05, 4.69) is 33.8 Å². The van der Waals surface area contributed by atoms with Crippen LogP contribution in [-0.2, 0) is 28.6 Å². The monoisotopic (exact) mass is 752 g/mol. The molecule has 3 N–H and O–H groups in total. The summed E-state index contributed by atoms with van der Waals surface area (Å²) in [6.07, 6.45) is 8.28. The molecule has 0 saturated heterocycles. The maximum atomic E-state index is 13.5. The summed E-state index contributed by atoms with van der Waals surface area (Å²) in [5, 5.41) is 36.4. The number of ether oxygens (including phenoxy) is 3. The Hall–Kier alpha value is -2.75. The van der Waals surface area contributed by atoms with E-state index >= 15 is 0 Å². The number of aliphatic hydroxyl groups excluding tert-OH is 3. The fourth-order valence-electron chi connectivity index (χ4n) is 12.2. The van der Waals surface area contributed by atoms with Crippen molar-refractivity contribution in [2.45, 2.75) is 152 Å². The van der Waals surface area contributed by atoms with Crippen molar-refractivity contribution >= 4 is 17.9 Å². The third-order valence-corrected chi connectivity index (χ3v) is 16.4.